The summed E-state index contributed by atoms with van der Waals surface area (Å²) in [6.45, 7) is 6.95. The molecule has 4 nitrogen and oxygen atoms in total. The second kappa shape index (κ2) is 10.9. The molecule has 0 aromatic carbocycles. The van der Waals surface area contributed by atoms with E-state index in [0.717, 1.165) is 32.5 Å². The smallest absolute Gasteiger partial charge is 0.237 e. The molecule has 0 radical (unpaired) electrons. The van der Waals surface area contributed by atoms with Gasteiger partial charge in [0.25, 0.3) is 0 Å². The highest BCUT2D eigenvalue weighted by molar-refractivity contribution is 5.85. The zero-order valence-electron chi connectivity index (χ0n) is 11.6. The van der Waals surface area contributed by atoms with Crippen LogP contribution in [0.25, 0.3) is 0 Å². The largest absolute Gasteiger partial charge is 0.353 e. The van der Waals surface area contributed by atoms with Crippen molar-refractivity contribution < 1.29 is 4.79 Å². The van der Waals surface area contributed by atoms with Gasteiger partial charge >= 0.3 is 0 Å². The molecule has 2 N–H and O–H groups in total. The Bertz CT molecular complexity index is 221. The maximum Gasteiger partial charge on any atom is 0.237 e. The van der Waals surface area contributed by atoms with E-state index in [1.807, 2.05) is 0 Å². The number of piperidine rings is 1. The summed E-state index contributed by atoms with van der Waals surface area (Å²) in [5.74, 6) is 0.164. The molecular weight excluding hydrogens is 273 g/mol. The first kappa shape index (κ1) is 20.3. The molecule has 0 aliphatic carbocycles. The van der Waals surface area contributed by atoms with Crippen molar-refractivity contribution in [2.45, 2.75) is 45.2 Å². The summed E-state index contributed by atoms with van der Waals surface area (Å²) >= 11 is 0. The van der Waals surface area contributed by atoms with Crippen LogP contribution in [0.2, 0.25) is 0 Å². The van der Waals surface area contributed by atoms with Crippen LogP contribution < -0.4 is 10.6 Å². The average Bonchev–Trinajstić information content (AvgIpc) is 2.29. The van der Waals surface area contributed by atoms with Gasteiger partial charge in [0.2, 0.25) is 5.91 Å². The minimum absolute atomic E-state index is 0. The predicted octanol–water partition coefficient (Wildman–Crippen LogP) is 1.43. The minimum atomic E-state index is 0. The Morgan fingerprint density at radius 1 is 1.39 bits per heavy atom. The lowest BCUT2D eigenvalue weighted by Crippen LogP contribution is -2.48. The van der Waals surface area contributed by atoms with Crippen LogP contribution >= 0.6 is 24.8 Å². The van der Waals surface area contributed by atoms with Crippen molar-refractivity contribution in [2.24, 2.45) is 0 Å². The van der Waals surface area contributed by atoms with E-state index < -0.39 is 0 Å². The van der Waals surface area contributed by atoms with Crippen LogP contribution in [0.5, 0.6) is 0 Å². The molecule has 0 aromatic heterocycles. The molecule has 1 saturated heterocycles. The van der Waals surface area contributed by atoms with Crippen molar-refractivity contribution in [3.05, 3.63) is 0 Å². The van der Waals surface area contributed by atoms with Crippen molar-refractivity contribution in [1.29, 1.82) is 0 Å². The zero-order chi connectivity index (χ0) is 12.0. The fourth-order valence-electron chi connectivity index (χ4n) is 1.81. The van der Waals surface area contributed by atoms with Crippen LogP contribution in [0.1, 0.15) is 33.1 Å². The summed E-state index contributed by atoms with van der Waals surface area (Å²) in [6, 6.07) is 0.572. The molecule has 1 atom stereocenters. The monoisotopic (exact) mass is 299 g/mol. The molecule has 1 heterocycles. The quantitative estimate of drug-likeness (QED) is 0.807. The maximum absolute atomic E-state index is 11.8. The van der Waals surface area contributed by atoms with Crippen LogP contribution in [0.3, 0.4) is 0 Å². The summed E-state index contributed by atoms with van der Waals surface area (Å²) in [5.41, 5.74) is 0. The number of nitrogens with zero attached hydrogens (tertiary/aromatic N) is 1. The molecule has 0 unspecified atom stereocenters. The molecule has 18 heavy (non-hydrogen) atoms. The first-order valence-corrected chi connectivity index (χ1v) is 6.32. The highest BCUT2D eigenvalue weighted by atomic mass is 35.5. The number of likely N-dealkylation sites (N-methyl/N-ethyl adjacent to an activating group) is 1. The molecule has 1 rings (SSSR count). The first-order chi connectivity index (χ1) is 7.61. The van der Waals surface area contributed by atoms with Gasteiger partial charge in [-0.1, -0.05) is 6.42 Å². The van der Waals surface area contributed by atoms with E-state index in [2.05, 4.69) is 36.4 Å². The fourth-order valence-corrected chi connectivity index (χ4v) is 1.81. The van der Waals surface area contributed by atoms with Gasteiger partial charge in [0, 0.05) is 19.1 Å². The highest BCUT2D eigenvalue weighted by Crippen LogP contribution is 2.06. The van der Waals surface area contributed by atoms with Crippen molar-refractivity contribution in [1.82, 2.24) is 15.5 Å². The Kier molecular flexibility index (Phi) is 12.2. The Balaban J connectivity index is 0. The average molecular weight is 300 g/mol. The van der Waals surface area contributed by atoms with E-state index in [9.17, 15) is 4.79 Å². The molecular formula is C12H27Cl2N3O. The second-order valence-corrected chi connectivity index (χ2v) is 4.87. The summed E-state index contributed by atoms with van der Waals surface area (Å²) in [5, 5.41) is 6.25. The topological polar surface area (TPSA) is 44.4 Å². The summed E-state index contributed by atoms with van der Waals surface area (Å²) in [4.78, 5) is 14.0. The Hall–Kier alpha value is -0.0300. The van der Waals surface area contributed by atoms with E-state index >= 15 is 0 Å². The van der Waals surface area contributed by atoms with E-state index in [1.165, 1.54) is 6.42 Å². The van der Waals surface area contributed by atoms with Crippen molar-refractivity contribution in [2.75, 3.05) is 26.7 Å². The molecule has 0 aromatic rings. The van der Waals surface area contributed by atoms with Crippen LogP contribution in [0.15, 0.2) is 0 Å². The Labute approximate surface area is 123 Å². The Morgan fingerprint density at radius 2 is 2.06 bits per heavy atom. The fraction of sp³-hybridized carbons (Fsp3) is 0.917. The molecule has 1 aliphatic rings. The molecule has 6 heteroatoms. The van der Waals surface area contributed by atoms with Gasteiger partial charge in [-0.3, -0.25) is 4.79 Å². The van der Waals surface area contributed by atoms with Crippen molar-refractivity contribution >= 4 is 30.7 Å². The third kappa shape index (κ3) is 7.41. The van der Waals surface area contributed by atoms with Crippen LogP contribution in [0.4, 0.5) is 0 Å². The van der Waals surface area contributed by atoms with Gasteiger partial charge in [0.15, 0.2) is 0 Å². The number of carbonyl (C=O) groups is 1. The number of rotatable bonds is 5. The SMILES string of the molecule is CC(C)N(C)CCNC(=O)[C@@H]1CCCCN1.Cl.Cl. The normalized spacial score (nSPS) is 19.1. The highest BCUT2D eigenvalue weighted by Gasteiger charge is 2.19. The lowest BCUT2D eigenvalue weighted by Gasteiger charge is -2.24. The predicted molar refractivity (Wildman–Crippen MR) is 80.9 cm³/mol. The van der Waals surface area contributed by atoms with Crippen LogP contribution in [-0.4, -0.2) is 49.6 Å². The number of hydrogen-bond acceptors (Lipinski definition) is 3. The van der Waals surface area contributed by atoms with Crippen molar-refractivity contribution in [3.8, 4) is 0 Å². The lowest BCUT2D eigenvalue weighted by atomic mass is 10.0. The molecule has 1 fully saturated rings. The van der Waals surface area contributed by atoms with Crippen molar-refractivity contribution in [3.63, 3.8) is 0 Å². The van der Waals surface area contributed by atoms with E-state index in [0.29, 0.717) is 6.04 Å². The molecule has 0 bridgehead atoms. The van der Waals surface area contributed by atoms with Gasteiger partial charge in [0.1, 0.15) is 0 Å². The summed E-state index contributed by atoms with van der Waals surface area (Å²) in [7, 11) is 2.08. The first-order valence-electron chi connectivity index (χ1n) is 6.32. The number of nitrogens with one attached hydrogen (secondary N) is 2. The van der Waals surface area contributed by atoms with Gasteiger partial charge in [0.05, 0.1) is 6.04 Å². The Morgan fingerprint density at radius 3 is 2.56 bits per heavy atom. The lowest BCUT2D eigenvalue weighted by molar-refractivity contribution is -0.123. The van der Waals surface area contributed by atoms with Gasteiger partial charge in [-0.25, -0.2) is 0 Å². The molecule has 1 aliphatic heterocycles. The zero-order valence-corrected chi connectivity index (χ0v) is 13.2. The number of halogens is 2. The maximum atomic E-state index is 11.8. The molecule has 110 valence electrons. The molecule has 0 saturated carbocycles. The molecule has 0 spiro atoms. The van der Waals surface area contributed by atoms with E-state index in [1.54, 1.807) is 0 Å². The summed E-state index contributed by atoms with van der Waals surface area (Å²) in [6.07, 6.45) is 3.34. The second-order valence-electron chi connectivity index (χ2n) is 4.87. The minimum Gasteiger partial charge on any atom is -0.353 e. The third-order valence-corrected chi connectivity index (χ3v) is 3.27. The van der Waals surface area contributed by atoms with E-state index in [4.69, 9.17) is 0 Å². The third-order valence-electron chi connectivity index (χ3n) is 3.27. The van der Waals surface area contributed by atoms with Gasteiger partial charge in [-0.15, -0.1) is 24.8 Å². The van der Waals surface area contributed by atoms with Gasteiger partial charge in [-0.2, -0.15) is 0 Å². The summed E-state index contributed by atoms with van der Waals surface area (Å²) < 4.78 is 0. The number of carbonyl (C=O) groups excluding carboxylic acids is 1. The molecule has 1 amide bonds. The van der Waals surface area contributed by atoms with Gasteiger partial charge < -0.3 is 15.5 Å². The van der Waals surface area contributed by atoms with Crippen LogP contribution in [0, 0.1) is 0 Å². The number of hydrogen-bond donors (Lipinski definition) is 2. The standard InChI is InChI=1S/C12H25N3O.2ClH/c1-10(2)15(3)9-8-14-12(16)11-6-4-5-7-13-11;;/h10-11,13H,4-9H2,1-3H3,(H,14,16);2*1H/t11-;;/m0../s1. The van der Waals surface area contributed by atoms with Crippen LogP contribution in [-0.2, 0) is 4.79 Å². The number of amides is 1. The van der Waals surface area contributed by atoms with E-state index in [-0.39, 0.29) is 36.8 Å². The van der Waals surface area contributed by atoms with Gasteiger partial charge in [-0.05, 0) is 40.3 Å².